The molecule has 1 aromatic rings. The van der Waals surface area contributed by atoms with Gasteiger partial charge in [0.15, 0.2) is 0 Å². The van der Waals surface area contributed by atoms with E-state index in [9.17, 15) is 9.50 Å². The quantitative estimate of drug-likeness (QED) is 0.804. The Hall–Kier alpha value is -0.930. The molecule has 0 amide bonds. The molecule has 2 nitrogen and oxygen atoms in total. The molecular formula is C12H18FNO. The summed E-state index contributed by atoms with van der Waals surface area (Å²) in [7, 11) is 0. The molecule has 0 saturated carbocycles. The van der Waals surface area contributed by atoms with E-state index in [0.717, 1.165) is 11.1 Å². The van der Waals surface area contributed by atoms with E-state index in [0.29, 0.717) is 0 Å². The number of aliphatic hydroxyl groups excluding tert-OH is 1. The first-order valence-corrected chi connectivity index (χ1v) is 5.13. The number of aliphatic hydroxyl groups is 1. The summed E-state index contributed by atoms with van der Waals surface area (Å²) in [4.78, 5) is 0. The summed E-state index contributed by atoms with van der Waals surface area (Å²) in [6.45, 7) is 5.61. The number of rotatable bonds is 3. The van der Waals surface area contributed by atoms with Gasteiger partial charge < -0.3 is 10.8 Å². The van der Waals surface area contributed by atoms with Gasteiger partial charge in [0.05, 0.1) is 12.1 Å². The third kappa shape index (κ3) is 2.76. The van der Waals surface area contributed by atoms with E-state index < -0.39 is 12.1 Å². The van der Waals surface area contributed by atoms with Gasteiger partial charge in [-0.15, -0.1) is 0 Å². The van der Waals surface area contributed by atoms with Crippen LogP contribution in [-0.4, -0.2) is 11.2 Å². The molecule has 2 atom stereocenters. The van der Waals surface area contributed by atoms with Gasteiger partial charge in [-0.05, 0) is 36.1 Å². The lowest BCUT2D eigenvalue weighted by molar-refractivity contribution is 0.0977. The Kier molecular flexibility index (Phi) is 3.83. The monoisotopic (exact) mass is 211 g/mol. The normalized spacial score (nSPS) is 15.4. The second-order valence-electron chi connectivity index (χ2n) is 4.26. The third-order valence-electron chi connectivity index (χ3n) is 2.64. The fourth-order valence-electron chi connectivity index (χ4n) is 1.61. The van der Waals surface area contributed by atoms with E-state index in [2.05, 4.69) is 0 Å². The number of aryl methyl sites for hydroxylation is 1. The highest BCUT2D eigenvalue weighted by molar-refractivity contribution is 5.30. The van der Waals surface area contributed by atoms with Crippen LogP contribution >= 0.6 is 0 Å². The van der Waals surface area contributed by atoms with E-state index in [1.54, 1.807) is 13.0 Å². The lowest BCUT2D eigenvalue weighted by Gasteiger charge is -2.23. The molecule has 15 heavy (non-hydrogen) atoms. The highest BCUT2D eigenvalue weighted by Gasteiger charge is 2.21. The first-order chi connectivity index (χ1) is 6.93. The van der Waals surface area contributed by atoms with Crippen molar-refractivity contribution in [3.8, 4) is 0 Å². The van der Waals surface area contributed by atoms with Gasteiger partial charge in [0, 0.05) is 0 Å². The van der Waals surface area contributed by atoms with Crippen LogP contribution in [0.4, 0.5) is 4.39 Å². The Morgan fingerprint density at radius 3 is 2.40 bits per heavy atom. The maximum absolute atomic E-state index is 12.9. The predicted molar refractivity (Wildman–Crippen MR) is 58.9 cm³/mol. The molecule has 1 aromatic carbocycles. The van der Waals surface area contributed by atoms with Crippen LogP contribution in [0.15, 0.2) is 18.2 Å². The molecular weight excluding hydrogens is 193 g/mol. The predicted octanol–water partition coefficient (Wildman–Crippen LogP) is 2.15. The van der Waals surface area contributed by atoms with Crippen molar-refractivity contribution in [1.29, 1.82) is 0 Å². The highest BCUT2D eigenvalue weighted by Crippen LogP contribution is 2.23. The van der Waals surface area contributed by atoms with Gasteiger partial charge in [-0.1, -0.05) is 19.9 Å². The first-order valence-electron chi connectivity index (χ1n) is 5.13. The number of benzene rings is 1. The molecule has 0 heterocycles. The second-order valence-corrected chi connectivity index (χ2v) is 4.26. The van der Waals surface area contributed by atoms with Crippen molar-refractivity contribution < 1.29 is 9.50 Å². The fourth-order valence-corrected chi connectivity index (χ4v) is 1.61. The molecule has 0 fully saturated rings. The van der Waals surface area contributed by atoms with E-state index in [4.69, 9.17) is 5.73 Å². The average Bonchev–Trinajstić information content (AvgIpc) is 2.15. The zero-order valence-electron chi connectivity index (χ0n) is 9.37. The standard InChI is InChI=1S/C12H18FNO/c1-7(2)12(15)11(14)10-5-4-9(13)6-8(10)3/h4-7,11-12,15H,14H2,1-3H3/t11-,12+/m1/s1. The topological polar surface area (TPSA) is 46.2 Å². The summed E-state index contributed by atoms with van der Waals surface area (Å²) >= 11 is 0. The SMILES string of the molecule is Cc1cc(F)ccc1[C@@H](N)[C@@H](O)C(C)C. The lowest BCUT2D eigenvalue weighted by Crippen LogP contribution is -2.31. The molecule has 0 radical (unpaired) electrons. The molecule has 3 N–H and O–H groups in total. The zero-order valence-corrected chi connectivity index (χ0v) is 9.37. The van der Waals surface area contributed by atoms with Crippen LogP contribution in [0.25, 0.3) is 0 Å². The molecule has 0 aliphatic rings. The van der Waals surface area contributed by atoms with Crippen LogP contribution in [0.5, 0.6) is 0 Å². The molecule has 84 valence electrons. The Bertz CT molecular complexity index is 338. The molecule has 3 heteroatoms. The average molecular weight is 211 g/mol. The minimum atomic E-state index is -0.603. The van der Waals surface area contributed by atoms with E-state index in [-0.39, 0.29) is 11.7 Å². The Labute approximate surface area is 89.9 Å². The third-order valence-corrected chi connectivity index (χ3v) is 2.64. The van der Waals surface area contributed by atoms with E-state index in [1.165, 1.54) is 12.1 Å². The largest absolute Gasteiger partial charge is 0.391 e. The molecule has 0 spiro atoms. The van der Waals surface area contributed by atoms with Crippen LogP contribution in [-0.2, 0) is 0 Å². The van der Waals surface area contributed by atoms with Gasteiger partial charge >= 0.3 is 0 Å². The summed E-state index contributed by atoms with van der Waals surface area (Å²) in [5.41, 5.74) is 7.50. The summed E-state index contributed by atoms with van der Waals surface area (Å²) < 4.78 is 12.9. The fraction of sp³-hybridized carbons (Fsp3) is 0.500. The second kappa shape index (κ2) is 4.73. The van der Waals surface area contributed by atoms with Gasteiger partial charge in [-0.25, -0.2) is 4.39 Å². The van der Waals surface area contributed by atoms with E-state index >= 15 is 0 Å². The maximum Gasteiger partial charge on any atom is 0.123 e. The zero-order chi connectivity index (χ0) is 11.6. The van der Waals surface area contributed by atoms with Crippen LogP contribution in [0, 0.1) is 18.7 Å². The molecule has 0 aliphatic carbocycles. The molecule has 0 aliphatic heterocycles. The van der Waals surface area contributed by atoms with Crippen molar-refractivity contribution >= 4 is 0 Å². The van der Waals surface area contributed by atoms with Gasteiger partial charge in [0.2, 0.25) is 0 Å². The van der Waals surface area contributed by atoms with E-state index in [1.807, 2.05) is 13.8 Å². The molecule has 0 aromatic heterocycles. The van der Waals surface area contributed by atoms with Crippen LogP contribution in [0.3, 0.4) is 0 Å². The highest BCUT2D eigenvalue weighted by atomic mass is 19.1. The number of hydrogen-bond acceptors (Lipinski definition) is 2. The van der Waals surface area contributed by atoms with Gasteiger partial charge in [0.1, 0.15) is 5.82 Å². The van der Waals surface area contributed by atoms with Crippen molar-refractivity contribution in [1.82, 2.24) is 0 Å². The van der Waals surface area contributed by atoms with Gasteiger partial charge in [0.25, 0.3) is 0 Å². The maximum atomic E-state index is 12.9. The van der Waals surface area contributed by atoms with Gasteiger partial charge in [-0.3, -0.25) is 0 Å². The number of hydrogen-bond donors (Lipinski definition) is 2. The minimum Gasteiger partial charge on any atom is -0.391 e. The minimum absolute atomic E-state index is 0.0875. The Morgan fingerprint density at radius 2 is 1.93 bits per heavy atom. The van der Waals surface area contributed by atoms with Crippen molar-refractivity contribution in [3.05, 3.63) is 35.1 Å². The van der Waals surface area contributed by atoms with Crippen LogP contribution in [0.2, 0.25) is 0 Å². The summed E-state index contributed by atoms with van der Waals surface area (Å²) in [5.74, 6) is -0.188. The van der Waals surface area contributed by atoms with Crippen molar-refractivity contribution in [2.24, 2.45) is 11.7 Å². The Balaban J connectivity index is 2.96. The molecule has 0 bridgehead atoms. The van der Waals surface area contributed by atoms with Crippen molar-refractivity contribution in [2.45, 2.75) is 32.9 Å². The molecule has 0 saturated heterocycles. The first kappa shape index (κ1) is 12.1. The van der Waals surface area contributed by atoms with Crippen molar-refractivity contribution in [2.75, 3.05) is 0 Å². The number of halogens is 1. The molecule has 0 unspecified atom stereocenters. The molecule has 1 rings (SSSR count). The van der Waals surface area contributed by atoms with Crippen LogP contribution in [0.1, 0.15) is 31.0 Å². The summed E-state index contributed by atoms with van der Waals surface area (Å²) in [5, 5.41) is 9.82. The van der Waals surface area contributed by atoms with Gasteiger partial charge in [-0.2, -0.15) is 0 Å². The van der Waals surface area contributed by atoms with Crippen molar-refractivity contribution in [3.63, 3.8) is 0 Å². The lowest BCUT2D eigenvalue weighted by atomic mass is 9.92. The van der Waals surface area contributed by atoms with Crippen LogP contribution < -0.4 is 5.73 Å². The summed E-state index contributed by atoms with van der Waals surface area (Å²) in [6.07, 6.45) is -0.603. The smallest absolute Gasteiger partial charge is 0.123 e. The Morgan fingerprint density at radius 1 is 1.33 bits per heavy atom. The number of nitrogens with two attached hydrogens (primary N) is 1. The summed E-state index contributed by atoms with van der Waals surface area (Å²) in [6, 6.07) is 3.99.